The number of carbonyl (C=O) groups is 1. The SMILES string of the molecule is CC[C@@H](C(=O)Nc1nccs1)N(C)Cc1n[nH]c2c1CCC2. The second-order valence-corrected chi connectivity index (χ2v) is 6.54. The highest BCUT2D eigenvalue weighted by atomic mass is 32.1. The average Bonchev–Trinajstić information content (AvgIpc) is 3.19. The smallest absolute Gasteiger partial charge is 0.243 e. The van der Waals surface area contributed by atoms with E-state index in [4.69, 9.17) is 0 Å². The summed E-state index contributed by atoms with van der Waals surface area (Å²) < 4.78 is 0. The molecule has 2 N–H and O–H groups in total. The minimum atomic E-state index is -0.183. The number of fused-ring (bicyclic) bond motifs is 1. The second-order valence-electron chi connectivity index (χ2n) is 5.65. The molecular weight excluding hydrogens is 298 g/mol. The third kappa shape index (κ3) is 3.05. The summed E-state index contributed by atoms with van der Waals surface area (Å²) in [7, 11) is 1.98. The van der Waals surface area contributed by atoms with Crippen LogP contribution in [0.25, 0.3) is 0 Å². The molecule has 1 aliphatic rings. The van der Waals surface area contributed by atoms with Crippen LogP contribution in [0.3, 0.4) is 0 Å². The molecule has 1 aliphatic carbocycles. The Balaban J connectivity index is 1.66. The maximum absolute atomic E-state index is 12.4. The van der Waals surface area contributed by atoms with E-state index in [1.807, 2.05) is 19.4 Å². The Bertz CT molecular complexity index is 636. The molecule has 0 fully saturated rings. The fourth-order valence-electron chi connectivity index (χ4n) is 3.04. The third-order valence-corrected chi connectivity index (χ3v) is 4.86. The third-order valence-electron chi connectivity index (χ3n) is 4.18. The monoisotopic (exact) mass is 319 g/mol. The van der Waals surface area contributed by atoms with E-state index in [-0.39, 0.29) is 11.9 Å². The number of aromatic nitrogens is 3. The largest absolute Gasteiger partial charge is 0.301 e. The van der Waals surface area contributed by atoms with Crippen LogP contribution in [0.4, 0.5) is 5.13 Å². The summed E-state index contributed by atoms with van der Waals surface area (Å²) in [5.41, 5.74) is 3.70. The number of likely N-dealkylation sites (N-methyl/N-ethyl adjacent to an activating group) is 1. The Morgan fingerprint density at radius 1 is 1.55 bits per heavy atom. The Kier molecular flexibility index (Phi) is 4.54. The zero-order valence-corrected chi connectivity index (χ0v) is 13.7. The van der Waals surface area contributed by atoms with Gasteiger partial charge in [0.25, 0.3) is 0 Å². The molecule has 22 heavy (non-hydrogen) atoms. The topological polar surface area (TPSA) is 73.9 Å². The molecule has 0 unspecified atom stereocenters. The molecule has 2 aromatic heterocycles. The molecular formula is C15H21N5OS. The van der Waals surface area contributed by atoms with E-state index in [1.54, 1.807) is 6.20 Å². The molecule has 0 saturated heterocycles. The number of thiazole rings is 1. The molecule has 2 heterocycles. The van der Waals surface area contributed by atoms with Gasteiger partial charge in [-0.15, -0.1) is 11.3 Å². The normalized spacial score (nSPS) is 15.0. The highest BCUT2D eigenvalue weighted by molar-refractivity contribution is 7.13. The number of nitrogens with one attached hydrogen (secondary N) is 2. The van der Waals surface area contributed by atoms with E-state index in [0.717, 1.165) is 25.0 Å². The van der Waals surface area contributed by atoms with Crippen molar-refractivity contribution in [2.75, 3.05) is 12.4 Å². The molecule has 0 bridgehead atoms. The van der Waals surface area contributed by atoms with Crippen LogP contribution in [0.2, 0.25) is 0 Å². The lowest BCUT2D eigenvalue weighted by atomic mass is 10.1. The van der Waals surface area contributed by atoms with Crippen LogP contribution in [0.5, 0.6) is 0 Å². The number of carbonyl (C=O) groups excluding carboxylic acids is 1. The highest BCUT2D eigenvalue weighted by Crippen LogP contribution is 2.24. The molecule has 6 nitrogen and oxygen atoms in total. The van der Waals surface area contributed by atoms with Crippen molar-refractivity contribution in [3.63, 3.8) is 0 Å². The van der Waals surface area contributed by atoms with Crippen molar-refractivity contribution in [2.24, 2.45) is 0 Å². The lowest BCUT2D eigenvalue weighted by Crippen LogP contribution is -2.41. The van der Waals surface area contributed by atoms with Gasteiger partial charge >= 0.3 is 0 Å². The predicted octanol–water partition coefficient (Wildman–Crippen LogP) is 2.20. The zero-order chi connectivity index (χ0) is 15.5. The van der Waals surface area contributed by atoms with Gasteiger partial charge in [0, 0.05) is 23.8 Å². The molecule has 0 radical (unpaired) electrons. The summed E-state index contributed by atoms with van der Waals surface area (Å²) in [6.45, 7) is 2.72. The number of anilines is 1. The standard InChI is InChI=1S/C15H21N5OS/c1-3-13(14(21)17-15-16-7-8-22-15)20(2)9-12-10-5-4-6-11(10)18-19-12/h7-8,13H,3-6,9H2,1-2H3,(H,18,19)(H,16,17,21)/t13-/m0/s1. The molecule has 1 amide bonds. The first-order chi connectivity index (χ1) is 10.7. The summed E-state index contributed by atoms with van der Waals surface area (Å²) >= 11 is 1.43. The highest BCUT2D eigenvalue weighted by Gasteiger charge is 2.25. The van der Waals surface area contributed by atoms with E-state index in [1.165, 1.54) is 29.0 Å². The number of aryl methyl sites for hydroxylation is 1. The Labute approximate surface area is 133 Å². The minimum Gasteiger partial charge on any atom is -0.301 e. The number of amides is 1. The maximum Gasteiger partial charge on any atom is 0.243 e. The zero-order valence-electron chi connectivity index (χ0n) is 12.9. The fourth-order valence-corrected chi connectivity index (χ4v) is 3.57. The average molecular weight is 319 g/mol. The van der Waals surface area contributed by atoms with E-state index in [0.29, 0.717) is 11.7 Å². The van der Waals surface area contributed by atoms with Gasteiger partial charge in [0.05, 0.1) is 11.7 Å². The van der Waals surface area contributed by atoms with Crippen molar-refractivity contribution in [2.45, 2.75) is 45.2 Å². The van der Waals surface area contributed by atoms with E-state index in [9.17, 15) is 4.79 Å². The number of H-pyrrole nitrogens is 1. The maximum atomic E-state index is 12.4. The number of rotatable bonds is 6. The summed E-state index contributed by atoms with van der Waals surface area (Å²) in [5.74, 6) is -0.00729. The van der Waals surface area contributed by atoms with Crippen molar-refractivity contribution >= 4 is 22.4 Å². The fraction of sp³-hybridized carbons (Fsp3) is 0.533. The van der Waals surface area contributed by atoms with Gasteiger partial charge in [-0.3, -0.25) is 14.8 Å². The first-order valence-electron chi connectivity index (χ1n) is 7.64. The van der Waals surface area contributed by atoms with Crippen LogP contribution in [0.15, 0.2) is 11.6 Å². The molecule has 0 spiro atoms. The number of nitrogens with zero attached hydrogens (tertiary/aromatic N) is 3. The Morgan fingerprint density at radius 3 is 3.14 bits per heavy atom. The summed E-state index contributed by atoms with van der Waals surface area (Å²) in [6.07, 6.45) is 5.82. The van der Waals surface area contributed by atoms with Crippen LogP contribution in [-0.2, 0) is 24.2 Å². The number of hydrogen-bond acceptors (Lipinski definition) is 5. The summed E-state index contributed by atoms with van der Waals surface area (Å²) in [5, 5.41) is 12.9. The van der Waals surface area contributed by atoms with Gasteiger partial charge in [0.15, 0.2) is 5.13 Å². The van der Waals surface area contributed by atoms with Crippen LogP contribution >= 0.6 is 11.3 Å². The van der Waals surface area contributed by atoms with Crippen LogP contribution in [0.1, 0.15) is 36.7 Å². The molecule has 118 valence electrons. The van der Waals surface area contributed by atoms with E-state index < -0.39 is 0 Å². The van der Waals surface area contributed by atoms with Crippen LogP contribution in [-0.4, -0.2) is 39.1 Å². The quantitative estimate of drug-likeness (QED) is 0.856. The van der Waals surface area contributed by atoms with Gasteiger partial charge in [0.2, 0.25) is 5.91 Å². The lowest BCUT2D eigenvalue weighted by molar-refractivity contribution is -0.121. The molecule has 0 aliphatic heterocycles. The Hall–Kier alpha value is -1.73. The van der Waals surface area contributed by atoms with Gasteiger partial charge in [-0.2, -0.15) is 5.10 Å². The summed E-state index contributed by atoms with van der Waals surface area (Å²) in [6, 6.07) is -0.183. The van der Waals surface area contributed by atoms with Gasteiger partial charge in [-0.05, 0) is 38.3 Å². The molecule has 7 heteroatoms. The van der Waals surface area contributed by atoms with Crippen molar-refractivity contribution in [1.82, 2.24) is 20.1 Å². The molecule has 0 saturated carbocycles. The number of aromatic amines is 1. The van der Waals surface area contributed by atoms with Gasteiger partial charge < -0.3 is 5.32 Å². The van der Waals surface area contributed by atoms with Crippen LogP contribution < -0.4 is 5.32 Å². The molecule has 1 atom stereocenters. The van der Waals surface area contributed by atoms with Crippen molar-refractivity contribution in [1.29, 1.82) is 0 Å². The van der Waals surface area contributed by atoms with Crippen LogP contribution in [0, 0.1) is 0 Å². The first-order valence-corrected chi connectivity index (χ1v) is 8.52. The van der Waals surface area contributed by atoms with Crippen molar-refractivity contribution < 1.29 is 4.79 Å². The summed E-state index contributed by atoms with van der Waals surface area (Å²) in [4.78, 5) is 18.6. The second kappa shape index (κ2) is 6.58. The van der Waals surface area contributed by atoms with Gasteiger partial charge in [0.1, 0.15) is 0 Å². The molecule has 2 aromatic rings. The van der Waals surface area contributed by atoms with Crippen molar-refractivity contribution in [3.8, 4) is 0 Å². The minimum absolute atomic E-state index is 0.00729. The first kappa shape index (κ1) is 15.2. The molecule has 3 rings (SSSR count). The van der Waals surface area contributed by atoms with Crippen molar-refractivity contribution in [3.05, 3.63) is 28.5 Å². The number of hydrogen-bond donors (Lipinski definition) is 2. The van der Waals surface area contributed by atoms with E-state index in [2.05, 4.69) is 25.4 Å². The Morgan fingerprint density at radius 2 is 2.41 bits per heavy atom. The molecule has 0 aromatic carbocycles. The van der Waals surface area contributed by atoms with Gasteiger partial charge in [-0.1, -0.05) is 6.92 Å². The van der Waals surface area contributed by atoms with E-state index >= 15 is 0 Å². The lowest BCUT2D eigenvalue weighted by Gasteiger charge is -2.25. The predicted molar refractivity (Wildman–Crippen MR) is 86.9 cm³/mol. The van der Waals surface area contributed by atoms with Gasteiger partial charge in [-0.25, -0.2) is 4.98 Å².